The second-order valence-electron chi connectivity index (χ2n) is 13.7. The Morgan fingerprint density at radius 1 is 0.444 bits per heavy atom. The number of hydrogen-bond acceptors (Lipinski definition) is 2. The van der Waals surface area contributed by atoms with Gasteiger partial charge in [0.25, 0.3) is 0 Å². The molecule has 2 aliphatic rings. The molecule has 216 valence electrons. The van der Waals surface area contributed by atoms with Crippen molar-refractivity contribution >= 4 is 21.9 Å². The van der Waals surface area contributed by atoms with Gasteiger partial charge in [0.1, 0.15) is 11.2 Å². The second kappa shape index (κ2) is 8.92. The first-order valence-corrected chi connectivity index (χ1v) is 15.7. The lowest BCUT2D eigenvalue weighted by Crippen LogP contribution is -2.16. The second-order valence-corrected chi connectivity index (χ2v) is 13.7. The van der Waals surface area contributed by atoms with Gasteiger partial charge in [0.2, 0.25) is 5.43 Å². The van der Waals surface area contributed by atoms with Crippen molar-refractivity contribution in [3.05, 3.63) is 154 Å². The van der Waals surface area contributed by atoms with Crippen LogP contribution in [0, 0.1) is 0 Å². The van der Waals surface area contributed by atoms with Gasteiger partial charge in [-0.1, -0.05) is 125 Å². The molecule has 0 fully saturated rings. The van der Waals surface area contributed by atoms with E-state index in [0.717, 1.165) is 22.3 Å². The molecule has 0 radical (unpaired) electrons. The SMILES string of the molecule is CC1(C)c2ccccc2-c2cccc(-c3ccc4oc5ccc(-c6cccc7c6C(C)(C)c6ccccc6-7)cc5c(=O)c4c3)c21. The molecule has 0 saturated carbocycles. The molecule has 0 saturated heterocycles. The Hall–Kier alpha value is -5.21. The first kappa shape index (κ1) is 26.2. The fraction of sp³-hybridized carbons (Fsp3) is 0.140. The lowest BCUT2D eigenvalue weighted by molar-refractivity contribution is 0.659. The van der Waals surface area contributed by atoms with Crippen LogP contribution in [-0.4, -0.2) is 0 Å². The van der Waals surface area contributed by atoms with Crippen LogP contribution in [0.4, 0.5) is 0 Å². The van der Waals surface area contributed by atoms with Crippen LogP contribution < -0.4 is 5.43 Å². The van der Waals surface area contributed by atoms with E-state index in [-0.39, 0.29) is 16.3 Å². The Balaban J connectivity index is 1.22. The van der Waals surface area contributed by atoms with E-state index in [2.05, 4.69) is 125 Å². The third-order valence-electron chi connectivity index (χ3n) is 10.5. The molecule has 0 unspecified atom stereocenters. The molecule has 2 aliphatic carbocycles. The topological polar surface area (TPSA) is 30.2 Å². The minimum absolute atomic E-state index is 0.000181. The predicted molar refractivity (Wildman–Crippen MR) is 186 cm³/mol. The third kappa shape index (κ3) is 3.48. The van der Waals surface area contributed by atoms with Gasteiger partial charge in [-0.2, -0.15) is 0 Å². The number of hydrogen-bond donors (Lipinski definition) is 0. The van der Waals surface area contributed by atoms with E-state index in [1.807, 2.05) is 24.3 Å². The van der Waals surface area contributed by atoms with E-state index in [9.17, 15) is 4.79 Å². The summed E-state index contributed by atoms with van der Waals surface area (Å²) < 4.78 is 6.38. The molecule has 7 aromatic rings. The average molecular weight is 581 g/mol. The lowest BCUT2D eigenvalue weighted by Gasteiger charge is -2.24. The molecule has 0 amide bonds. The highest BCUT2D eigenvalue weighted by Crippen LogP contribution is 2.53. The highest BCUT2D eigenvalue weighted by atomic mass is 16.3. The summed E-state index contributed by atoms with van der Waals surface area (Å²) in [6.45, 7) is 9.19. The Bertz CT molecular complexity index is 2290. The zero-order valence-corrected chi connectivity index (χ0v) is 25.9. The average Bonchev–Trinajstić information content (AvgIpc) is 3.45. The summed E-state index contributed by atoms with van der Waals surface area (Å²) >= 11 is 0. The quantitative estimate of drug-likeness (QED) is 0.190. The molecule has 1 heterocycles. The fourth-order valence-corrected chi connectivity index (χ4v) is 8.37. The summed E-state index contributed by atoms with van der Waals surface area (Å²) in [6, 6.07) is 42.6. The van der Waals surface area contributed by atoms with Crippen molar-refractivity contribution in [2.45, 2.75) is 38.5 Å². The van der Waals surface area contributed by atoms with Crippen molar-refractivity contribution in [2.75, 3.05) is 0 Å². The summed E-state index contributed by atoms with van der Waals surface area (Å²) in [5, 5.41) is 1.21. The zero-order valence-electron chi connectivity index (χ0n) is 25.9. The van der Waals surface area contributed by atoms with Crippen LogP contribution >= 0.6 is 0 Å². The number of rotatable bonds is 2. The van der Waals surface area contributed by atoms with E-state index in [4.69, 9.17) is 4.42 Å². The molecule has 2 nitrogen and oxygen atoms in total. The minimum Gasteiger partial charge on any atom is -0.456 e. The molecule has 1 aromatic heterocycles. The van der Waals surface area contributed by atoms with Crippen molar-refractivity contribution in [1.29, 1.82) is 0 Å². The molecule has 0 N–H and O–H groups in total. The predicted octanol–water partition coefficient (Wildman–Crippen LogP) is 10.9. The third-order valence-corrected chi connectivity index (χ3v) is 10.5. The van der Waals surface area contributed by atoms with E-state index in [0.29, 0.717) is 21.9 Å². The maximum atomic E-state index is 14.3. The molecule has 45 heavy (non-hydrogen) atoms. The molecule has 6 aromatic carbocycles. The normalized spacial score (nSPS) is 15.1. The van der Waals surface area contributed by atoms with E-state index in [1.54, 1.807) is 0 Å². The van der Waals surface area contributed by atoms with Crippen molar-refractivity contribution in [2.24, 2.45) is 0 Å². The van der Waals surface area contributed by atoms with Crippen LogP contribution in [0.5, 0.6) is 0 Å². The molecule has 0 atom stereocenters. The van der Waals surface area contributed by atoms with Gasteiger partial charge in [-0.05, 0) is 91.0 Å². The Labute approximate surface area is 262 Å². The minimum atomic E-state index is -0.149. The van der Waals surface area contributed by atoms with Crippen molar-refractivity contribution < 1.29 is 4.42 Å². The maximum Gasteiger partial charge on any atom is 0.200 e. The van der Waals surface area contributed by atoms with Crippen LogP contribution in [0.15, 0.2) is 131 Å². The first-order valence-electron chi connectivity index (χ1n) is 15.7. The summed E-state index contributed by atoms with van der Waals surface area (Å²) in [6.07, 6.45) is 0. The summed E-state index contributed by atoms with van der Waals surface area (Å²) in [4.78, 5) is 14.3. The largest absolute Gasteiger partial charge is 0.456 e. The van der Waals surface area contributed by atoms with Crippen LogP contribution in [0.3, 0.4) is 0 Å². The monoisotopic (exact) mass is 580 g/mol. The van der Waals surface area contributed by atoms with Gasteiger partial charge in [0.15, 0.2) is 0 Å². The molecule has 0 bridgehead atoms. The van der Waals surface area contributed by atoms with Gasteiger partial charge in [-0.3, -0.25) is 4.79 Å². The first-order chi connectivity index (χ1) is 21.7. The molecule has 2 heteroatoms. The molecule has 9 rings (SSSR count). The lowest BCUT2D eigenvalue weighted by atomic mass is 9.78. The Morgan fingerprint density at radius 2 is 0.844 bits per heavy atom. The van der Waals surface area contributed by atoms with Gasteiger partial charge in [-0.15, -0.1) is 0 Å². The van der Waals surface area contributed by atoms with Gasteiger partial charge in [0, 0.05) is 10.8 Å². The Morgan fingerprint density at radius 3 is 1.31 bits per heavy atom. The van der Waals surface area contributed by atoms with E-state index in [1.165, 1.54) is 44.5 Å². The van der Waals surface area contributed by atoms with Crippen LogP contribution in [0.1, 0.15) is 49.9 Å². The van der Waals surface area contributed by atoms with Crippen molar-refractivity contribution in [3.63, 3.8) is 0 Å². The number of fused-ring (bicyclic) bond motifs is 8. The standard InChI is InChI=1S/C43H32O2/c1-42(2)35-17-7-5-11-29(35)31-15-9-13-27(39(31)42)25-19-21-37-33(23-25)41(44)34-24-26(20-22-38(34)45-37)28-14-10-16-32-30-12-6-8-18-36(30)43(3,4)40(28)32/h5-24H,1-4H3. The van der Waals surface area contributed by atoms with Crippen LogP contribution in [0.2, 0.25) is 0 Å². The van der Waals surface area contributed by atoms with Crippen LogP contribution in [-0.2, 0) is 10.8 Å². The highest BCUT2D eigenvalue weighted by molar-refractivity contribution is 5.97. The highest BCUT2D eigenvalue weighted by Gasteiger charge is 2.38. The van der Waals surface area contributed by atoms with Gasteiger partial charge < -0.3 is 4.42 Å². The Kier molecular flexibility index (Phi) is 5.20. The zero-order chi connectivity index (χ0) is 30.7. The van der Waals surface area contributed by atoms with Crippen LogP contribution in [0.25, 0.3) is 66.4 Å². The smallest absolute Gasteiger partial charge is 0.200 e. The fourth-order valence-electron chi connectivity index (χ4n) is 8.37. The van der Waals surface area contributed by atoms with Crippen molar-refractivity contribution in [3.8, 4) is 44.5 Å². The van der Waals surface area contributed by atoms with Gasteiger partial charge in [0.05, 0.1) is 10.8 Å². The summed E-state index contributed by atoms with van der Waals surface area (Å²) in [5.41, 5.74) is 15.7. The maximum absolute atomic E-state index is 14.3. The molecular formula is C43H32O2. The molecule has 0 aliphatic heterocycles. The van der Waals surface area contributed by atoms with Crippen molar-refractivity contribution in [1.82, 2.24) is 0 Å². The van der Waals surface area contributed by atoms with E-state index >= 15 is 0 Å². The van der Waals surface area contributed by atoms with E-state index < -0.39 is 0 Å². The summed E-state index contributed by atoms with van der Waals surface area (Å²) in [7, 11) is 0. The van der Waals surface area contributed by atoms with Gasteiger partial charge >= 0.3 is 0 Å². The van der Waals surface area contributed by atoms with Gasteiger partial charge in [-0.25, -0.2) is 0 Å². The summed E-state index contributed by atoms with van der Waals surface area (Å²) in [5.74, 6) is 0. The molecular weight excluding hydrogens is 548 g/mol. The molecule has 0 spiro atoms. The number of benzene rings is 6.